The molecule has 0 fully saturated rings. The minimum atomic E-state index is -2.46. The first-order valence-corrected chi connectivity index (χ1v) is 23.7. The Balaban J connectivity index is 1.18. The number of rotatable bonds is 4. The maximum atomic E-state index is 5.25. The van der Waals surface area contributed by atoms with E-state index in [0.717, 1.165) is 11.4 Å². The molecule has 0 N–H and O–H groups in total. The lowest BCUT2D eigenvalue weighted by molar-refractivity contribution is 1.17. The van der Waals surface area contributed by atoms with Crippen LogP contribution < -0.4 is 0 Å². The van der Waals surface area contributed by atoms with Crippen LogP contribution in [-0.2, 0) is 0 Å². The minimum Gasteiger partial charge on any atom is -0.307 e. The molecule has 0 unspecified atom stereocenters. The molecule has 13 rings (SSSR count). The maximum absolute atomic E-state index is 5.25. The summed E-state index contributed by atoms with van der Waals surface area (Å²) in [6.07, 6.45) is 6.98. The Morgan fingerprint density at radius 3 is 1.10 bits per heavy atom. The van der Waals surface area contributed by atoms with Crippen LogP contribution in [-0.4, -0.2) is 26.4 Å². The van der Waals surface area contributed by atoms with Crippen molar-refractivity contribution in [2.75, 3.05) is 0 Å². The van der Waals surface area contributed by atoms with Crippen LogP contribution in [0.4, 0.5) is 0 Å². The number of allylic oxidation sites excluding steroid dienone is 3. The van der Waals surface area contributed by atoms with Gasteiger partial charge in [0.1, 0.15) is 0 Å². The third-order valence-electron chi connectivity index (χ3n) is 12.3. The van der Waals surface area contributed by atoms with Crippen LogP contribution in [0.5, 0.6) is 0 Å². The van der Waals surface area contributed by atoms with Crippen LogP contribution in [0.1, 0.15) is 0 Å². The highest BCUT2D eigenvalue weighted by atomic mass is 127. The summed E-state index contributed by atoms with van der Waals surface area (Å²) in [4.78, 5) is 0. The van der Waals surface area contributed by atoms with E-state index in [9.17, 15) is 0 Å². The molecule has 0 saturated carbocycles. The summed E-state index contributed by atoms with van der Waals surface area (Å²) < 4.78 is 17.9. The van der Waals surface area contributed by atoms with Gasteiger partial charge in [0.25, 0.3) is 0 Å². The molecule has 278 valence electrons. The van der Waals surface area contributed by atoms with Crippen molar-refractivity contribution in [2.24, 2.45) is 0 Å². The van der Waals surface area contributed by atoms with Gasteiger partial charge in [-0.2, -0.15) is 0 Å². The molecule has 0 spiro atoms. The molecule has 0 saturated heterocycles. The molecule has 0 aliphatic carbocycles. The zero-order chi connectivity index (χ0) is 38.8. The van der Waals surface area contributed by atoms with Crippen molar-refractivity contribution in [3.8, 4) is 11.4 Å². The largest absolute Gasteiger partial charge is 0.307 e. The average molecular weight is 867 g/mol. The number of halogens is 1. The van der Waals surface area contributed by atoms with Gasteiger partial charge >= 0.3 is 0 Å². The highest BCUT2D eigenvalue weighted by Gasteiger charge is 2.25. The van der Waals surface area contributed by atoms with Crippen molar-refractivity contribution in [3.05, 3.63) is 200 Å². The third-order valence-corrected chi connectivity index (χ3v) is 16.7. The fourth-order valence-corrected chi connectivity index (χ4v) is 14.0. The molecule has 0 amide bonds. The van der Waals surface area contributed by atoms with E-state index in [4.69, 9.17) is 4.51 Å². The molecule has 0 atom stereocenters. The molecule has 8 aromatic carbocycles. The first-order valence-electron chi connectivity index (χ1n) is 20.0. The van der Waals surface area contributed by atoms with Crippen molar-refractivity contribution in [1.29, 1.82) is 0 Å². The molecular formula is C54H35IN4. The zero-order valence-corrected chi connectivity index (χ0v) is 34.1. The second-order valence-corrected chi connectivity index (χ2v) is 19.6. The van der Waals surface area contributed by atoms with E-state index >= 15 is 0 Å². The van der Waals surface area contributed by atoms with E-state index in [2.05, 4.69) is 218 Å². The molecule has 4 aromatic heterocycles. The summed E-state index contributed by atoms with van der Waals surface area (Å²) in [6, 6.07) is 66.5. The fraction of sp³-hybridized carbons (Fsp3) is 0. The fourth-order valence-electron chi connectivity index (χ4n) is 9.95. The van der Waals surface area contributed by atoms with Gasteiger partial charge in [0.2, 0.25) is 0 Å². The van der Waals surface area contributed by atoms with Crippen molar-refractivity contribution < 1.29 is 0 Å². The molecular weight excluding hydrogens is 832 g/mol. The summed E-state index contributed by atoms with van der Waals surface area (Å²) in [5.74, 6) is 0. The Labute approximate surface area is 345 Å². The Kier molecular flexibility index (Phi) is 6.95. The van der Waals surface area contributed by atoms with E-state index in [-0.39, 0.29) is 0 Å². The standard InChI is InChI=1S/C54H35IN4/c1-55-49(58-47-27-14-10-23-39(47)43-33-31-41-37-21-8-12-25-45(37)56(51(41)53(43)58)35-17-4-2-5-18-35)29-16-30-50(55)59-48-28-15-11-24-40(48)44-34-32-42-38-22-9-13-26-46(38)57(52(42)54(44)59)36-19-6-3-7-20-36/h2-34H,1H2. The van der Waals surface area contributed by atoms with Gasteiger partial charge in [-0.05, 0) is 60.7 Å². The molecule has 5 heterocycles. The number of fused-ring (bicyclic) bond motifs is 14. The number of hydrogen-bond donors (Lipinski definition) is 0. The summed E-state index contributed by atoms with van der Waals surface area (Å²) in [6.45, 7) is 0. The van der Waals surface area contributed by atoms with Gasteiger partial charge in [-0.1, -0.05) is 163 Å². The predicted octanol–water partition coefficient (Wildman–Crippen LogP) is 14.1. The van der Waals surface area contributed by atoms with E-state index in [0.29, 0.717) is 0 Å². The maximum Gasteiger partial charge on any atom is 0.0792 e. The number of benzene rings is 8. The van der Waals surface area contributed by atoms with E-state index < -0.39 is 18.9 Å². The monoisotopic (exact) mass is 866 g/mol. The third kappa shape index (κ3) is 4.48. The molecule has 0 bridgehead atoms. The molecule has 4 nitrogen and oxygen atoms in total. The number of aromatic nitrogens is 4. The number of hydrogen-bond acceptors (Lipinski definition) is 0. The molecule has 5 heteroatoms. The van der Waals surface area contributed by atoms with Gasteiger partial charge < -0.3 is 18.3 Å². The van der Waals surface area contributed by atoms with Gasteiger partial charge in [0.15, 0.2) is 0 Å². The lowest BCUT2D eigenvalue weighted by atomic mass is 10.1. The Morgan fingerprint density at radius 2 is 0.661 bits per heavy atom. The summed E-state index contributed by atoms with van der Waals surface area (Å²) in [5.41, 5.74) is 12.0. The quantitative estimate of drug-likeness (QED) is 0.157. The molecule has 12 aromatic rings. The lowest BCUT2D eigenvalue weighted by Crippen LogP contribution is -2.10. The highest BCUT2D eigenvalue weighted by Crippen LogP contribution is 2.47. The molecule has 1 aliphatic heterocycles. The summed E-state index contributed by atoms with van der Waals surface area (Å²) in [7, 11) is 0. The van der Waals surface area contributed by atoms with Gasteiger partial charge in [-0.15, -0.1) is 0 Å². The first kappa shape index (κ1) is 32.9. The molecule has 1 aliphatic rings. The van der Waals surface area contributed by atoms with E-state index in [1.54, 1.807) is 0 Å². The first-order chi connectivity index (χ1) is 29.3. The average Bonchev–Trinajstić information content (AvgIpc) is 4.02. The van der Waals surface area contributed by atoms with Gasteiger partial charge in [0, 0.05) is 54.5 Å². The van der Waals surface area contributed by atoms with Crippen LogP contribution in [0.15, 0.2) is 200 Å². The summed E-state index contributed by atoms with van der Waals surface area (Å²) in [5, 5.41) is 10.0. The normalized spacial score (nSPS) is 13.8. The molecule has 0 radical (unpaired) electrons. The Bertz CT molecular complexity index is 3900. The van der Waals surface area contributed by atoms with Crippen LogP contribution in [0.3, 0.4) is 0 Å². The van der Waals surface area contributed by atoms with Crippen LogP contribution in [0, 0.1) is 0 Å². The predicted molar refractivity (Wildman–Crippen MR) is 263 cm³/mol. The number of nitrogens with zero attached hydrogens (tertiary/aromatic N) is 4. The van der Waals surface area contributed by atoms with Crippen molar-refractivity contribution in [3.63, 3.8) is 0 Å². The van der Waals surface area contributed by atoms with Gasteiger partial charge in [-0.3, -0.25) is 0 Å². The van der Waals surface area contributed by atoms with Gasteiger partial charge in [0.05, 0.1) is 51.5 Å². The van der Waals surface area contributed by atoms with Crippen molar-refractivity contribution in [2.45, 2.75) is 0 Å². The van der Waals surface area contributed by atoms with Crippen LogP contribution in [0.25, 0.3) is 102 Å². The molecule has 59 heavy (non-hydrogen) atoms. The van der Waals surface area contributed by atoms with Crippen LogP contribution >= 0.6 is 18.9 Å². The Morgan fingerprint density at radius 1 is 0.322 bits per heavy atom. The van der Waals surface area contributed by atoms with Crippen LogP contribution in [0.2, 0.25) is 0 Å². The van der Waals surface area contributed by atoms with E-state index in [1.165, 1.54) is 94.6 Å². The SMILES string of the molecule is C=I1=C(n2c3ccccc3c3ccc4c5ccccc5n(-c5ccccc5)c4c32)C=CC=C1n1c2ccccc2c2ccc3c4ccccc4n(-c4ccccc4)c3c21. The minimum absolute atomic E-state index is 1.15. The second-order valence-electron chi connectivity index (χ2n) is 15.3. The van der Waals surface area contributed by atoms with Crippen molar-refractivity contribution in [1.82, 2.24) is 18.3 Å². The smallest absolute Gasteiger partial charge is 0.0792 e. The topological polar surface area (TPSA) is 19.7 Å². The van der Waals surface area contributed by atoms with E-state index in [1.807, 2.05) is 0 Å². The number of para-hydroxylation sites is 6. The lowest BCUT2D eigenvalue weighted by Gasteiger charge is -2.19. The second kappa shape index (κ2) is 12.5. The van der Waals surface area contributed by atoms with Gasteiger partial charge in [-0.25, -0.2) is 0 Å². The highest BCUT2D eigenvalue weighted by molar-refractivity contribution is 14.2. The zero-order valence-electron chi connectivity index (χ0n) is 31.9. The Hall–Kier alpha value is -7.09. The van der Waals surface area contributed by atoms with Crippen molar-refractivity contribution >= 4 is 118 Å². The summed E-state index contributed by atoms with van der Waals surface area (Å²) >= 11 is -2.46.